The molecular formula is C14H36N5Ta-3. The summed E-state index contributed by atoms with van der Waals surface area (Å²) in [6, 6.07) is 0. The maximum atomic E-state index is 4.56. The molecule has 0 heterocycles. The van der Waals surface area contributed by atoms with Crippen LogP contribution in [0.5, 0.6) is 0 Å². The third-order valence-corrected chi connectivity index (χ3v) is 5.64. The standard InChI is InChI=1S/2C4H9N.3C2H6N.Ta/c2*1-4(2,3)5;3*1-3-2;/h2*1-3H3;3*1-2H3;/q;;3*-1;. The Labute approximate surface area is 137 Å². The molecule has 0 radical (unpaired) electrons. The Hall–Kier alpha value is 0.220. The predicted octanol–water partition coefficient (Wildman–Crippen LogP) is 4.89. The number of nitrogens with zero attached hydrogens (tertiary/aromatic N) is 5. The first-order valence-electron chi connectivity index (χ1n) is 6.53. The molecule has 0 amide bonds. The Morgan fingerprint density at radius 1 is 0.550 bits per heavy atom. The molecule has 125 valence electrons. The predicted molar refractivity (Wildman–Crippen MR) is 90.0 cm³/mol. The van der Waals surface area contributed by atoms with Crippen molar-refractivity contribution < 1.29 is 19.4 Å². The van der Waals surface area contributed by atoms with E-state index in [2.05, 4.69) is 64.2 Å². The minimum Gasteiger partial charge on any atom is -0.668 e. The molecule has 0 aromatic rings. The Bertz CT molecular complexity index is 200. The zero-order valence-corrected chi connectivity index (χ0v) is 18.9. The van der Waals surface area contributed by atoms with Gasteiger partial charge in [-0.1, -0.05) is 0 Å². The molecule has 0 bridgehead atoms. The molecule has 0 unspecified atom stereocenters. The molecule has 0 aromatic heterocycles. The van der Waals surface area contributed by atoms with E-state index in [-0.39, 0.29) is 11.1 Å². The minimum atomic E-state index is -0.897. The molecular weight excluding hydrogens is 419 g/mol. The van der Waals surface area contributed by atoms with Crippen molar-refractivity contribution in [3.8, 4) is 0 Å². The van der Waals surface area contributed by atoms with E-state index in [0.717, 1.165) is 0 Å². The summed E-state index contributed by atoms with van der Waals surface area (Å²) in [5, 5.41) is 10.5. The molecule has 0 rings (SSSR count). The maximum Gasteiger partial charge on any atom is -0.162 e. The number of hydrogen-bond acceptors (Lipinski definition) is 2. The van der Waals surface area contributed by atoms with E-state index >= 15 is 0 Å². The van der Waals surface area contributed by atoms with Crippen LogP contribution in [0.4, 0.5) is 0 Å². The van der Waals surface area contributed by atoms with E-state index in [9.17, 15) is 0 Å². The largest absolute Gasteiger partial charge is 0.668 e. The summed E-state index contributed by atoms with van der Waals surface area (Å²) in [4.78, 5) is 0. The fourth-order valence-corrected chi connectivity index (χ4v) is 2.38. The quantitative estimate of drug-likeness (QED) is 0.499. The van der Waals surface area contributed by atoms with Crippen LogP contribution in [0.3, 0.4) is 0 Å². The van der Waals surface area contributed by atoms with Crippen molar-refractivity contribution in [2.24, 2.45) is 6.68 Å². The monoisotopic (exact) mass is 455 g/mol. The normalized spacial score (nSPS) is 9.40. The van der Waals surface area contributed by atoms with Gasteiger partial charge in [-0.25, -0.2) is 0 Å². The van der Waals surface area contributed by atoms with E-state index in [0.29, 0.717) is 0 Å². The average Bonchev–Trinajstić information content (AvgIpc) is 2.16. The summed E-state index contributed by atoms with van der Waals surface area (Å²) >= 11 is -0.897. The van der Waals surface area contributed by atoms with Gasteiger partial charge in [-0.15, -0.1) is 0 Å². The fraction of sp³-hybridized carbons (Fsp3) is 1.00. The smallest absolute Gasteiger partial charge is 0.162 e. The van der Waals surface area contributed by atoms with Gasteiger partial charge >= 0.3 is 78.7 Å². The van der Waals surface area contributed by atoms with E-state index in [1.54, 1.807) is 42.3 Å². The van der Waals surface area contributed by atoms with Gasteiger partial charge in [0, 0.05) is 0 Å². The van der Waals surface area contributed by atoms with Crippen LogP contribution in [0.25, 0.3) is 16.0 Å². The second kappa shape index (κ2) is 19.2. The third kappa shape index (κ3) is 80.0. The second-order valence-corrected chi connectivity index (χ2v) is 8.05. The molecule has 0 saturated carbocycles. The topological polar surface area (TPSA) is 67.0 Å². The van der Waals surface area contributed by atoms with Crippen molar-refractivity contribution in [3.05, 3.63) is 16.0 Å². The van der Waals surface area contributed by atoms with Gasteiger partial charge in [0.25, 0.3) is 0 Å². The average molecular weight is 455 g/mol. The summed E-state index contributed by atoms with van der Waals surface area (Å²) < 4.78 is 9.11. The molecule has 0 aromatic carbocycles. The molecule has 0 saturated heterocycles. The molecule has 0 fully saturated rings. The van der Waals surface area contributed by atoms with Crippen molar-refractivity contribution in [1.29, 1.82) is 0 Å². The first-order valence-corrected chi connectivity index (χ1v) is 9.40. The Morgan fingerprint density at radius 2 is 0.700 bits per heavy atom. The van der Waals surface area contributed by atoms with Crippen molar-refractivity contribution in [3.63, 3.8) is 0 Å². The van der Waals surface area contributed by atoms with Crippen LogP contribution < -0.4 is 0 Å². The number of rotatable bonds is 0. The van der Waals surface area contributed by atoms with Gasteiger partial charge in [0.15, 0.2) is 0 Å². The van der Waals surface area contributed by atoms with Crippen LogP contribution >= 0.6 is 0 Å². The van der Waals surface area contributed by atoms with Gasteiger partial charge in [0.05, 0.1) is 0 Å². The molecule has 0 aliphatic carbocycles. The van der Waals surface area contributed by atoms with Gasteiger partial charge in [0.2, 0.25) is 0 Å². The van der Waals surface area contributed by atoms with Crippen molar-refractivity contribution >= 4 is 0 Å². The van der Waals surface area contributed by atoms with Gasteiger partial charge in [0.1, 0.15) is 0 Å². The van der Waals surface area contributed by atoms with Gasteiger partial charge in [-0.05, 0) is 0 Å². The summed E-state index contributed by atoms with van der Waals surface area (Å²) in [6.45, 7) is 12.8. The third-order valence-electron chi connectivity index (χ3n) is 0.689. The molecule has 20 heavy (non-hydrogen) atoms. The molecule has 0 N–H and O–H groups in total. The summed E-state index contributed by atoms with van der Waals surface area (Å²) in [6.07, 6.45) is 0. The number of hydrogen-bond donors (Lipinski definition) is 0. The van der Waals surface area contributed by atoms with Gasteiger partial charge in [-0.2, -0.15) is 42.3 Å². The molecule has 0 aliphatic heterocycles. The van der Waals surface area contributed by atoms with Crippen LogP contribution in [0.1, 0.15) is 41.5 Å². The van der Waals surface area contributed by atoms with E-state index in [1.165, 1.54) is 0 Å². The Kier molecular flexibility index (Phi) is 27.3. The second-order valence-electron chi connectivity index (χ2n) is 5.97. The first kappa shape index (κ1) is 28.4. The van der Waals surface area contributed by atoms with Crippen molar-refractivity contribution in [2.45, 2.75) is 52.6 Å². The zero-order chi connectivity index (χ0) is 17.2. The molecule has 6 heteroatoms. The zero-order valence-electron chi connectivity index (χ0n) is 15.7. The summed E-state index contributed by atoms with van der Waals surface area (Å²) in [5.41, 5.74) is 0.261. The van der Waals surface area contributed by atoms with E-state index in [1.807, 2.05) is 0 Å². The SMILES string of the molecule is CC(C)(C)[N]=[Ta]=[N]C(C)(C)C.C[N-]C.C[N-]C.C[N-]C. The van der Waals surface area contributed by atoms with Crippen molar-refractivity contribution in [1.82, 2.24) is 0 Å². The maximum absolute atomic E-state index is 4.56. The minimum absolute atomic E-state index is 0.131. The van der Waals surface area contributed by atoms with Crippen molar-refractivity contribution in [2.75, 3.05) is 42.3 Å². The van der Waals surface area contributed by atoms with Crippen LogP contribution in [0.2, 0.25) is 0 Å². The van der Waals surface area contributed by atoms with Gasteiger partial charge < -0.3 is 16.0 Å². The summed E-state index contributed by atoms with van der Waals surface area (Å²) in [7, 11) is 10.5. The molecule has 0 aliphatic rings. The molecule has 5 nitrogen and oxygen atoms in total. The first-order chi connectivity index (χ1) is 8.95. The Morgan fingerprint density at radius 3 is 0.800 bits per heavy atom. The van der Waals surface area contributed by atoms with Crippen LogP contribution in [0, 0.1) is 0 Å². The van der Waals surface area contributed by atoms with Crippen LogP contribution in [0.15, 0.2) is 6.68 Å². The Balaban J connectivity index is -0.000000117. The van der Waals surface area contributed by atoms with Crippen LogP contribution in [-0.4, -0.2) is 53.4 Å². The molecule has 0 spiro atoms. The van der Waals surface area contributed by atoms with E-state index < -0.39 is 19.4 Å². The van der Waals surface area contributed by atoms with E-state index in [4.69, 9.17) is 0 Å². The fourth-order valence-electron chi connectivity index (χ4n) is 0.291. The van der Waals surface area contributed by atoms with Crippen LogP contribution in [-0.2, 0) is 19.4 Å². The van der Waals surface area contributed by atoms with Gasteiger partial charge in [-0.3, -0.25) is 0 Å². The summed E-state index contributed by atoms with van der Waals surface area (Å²) in [5.74, 6) is 0. The molecule has 0 atom stereocenters.